The minimum atomic E-state index is -3.61. The predicted octanol–water partition coefficient (Wildman–Crippen LogP) is 2.44. The van der Waals surface area contributed by atoms with Gasteiger partial charge in [0.05, 0.1) is 5.75 Å². The number of sulfone groups is 1. The van der Waals surface area contributed by atoms with E-state index in [4.69, 9.17) is 11.6 Å². The lowest BCUT2D eigenvalue weighted by Gasteiger charge is -2.25. The Bertz CT molecular complexity index is 444. The normalized spacial score (nSPS) is 17.8. The molecule has 2 atom stereocenters. The summed E-state index contributed by atoms with van der Waals surface area (Å²) in [4.78, 5) is 0. The van der Waals surface area contributed by atoms with E-state index < -0.39 is 19.1 Å². The molecule has 16 heavy (non-hydrogen) atoms. The largest absolute Gasteiger partial charge is 0.385 e. The highest BCUT2D eigenvalue weighted by Gasteiger charge is 2.45. The molecule has 0 bridgehead atoms. The molecule has 0 aromatic heterocycles. The monoisotopic (exact) mass is 326 g/mol. The third-order valence-corrected chi connectivity index (χ3v) is 6.87. The SMILES string of the molecule is CCS(=O)(=O)[C@@](Cl)(Br)[C@@H](O)c1ccccc1. The second-order valence-electron chi connectivity index (χ2n) is 3.28. The van der Waals surface area contributed by atoms with Crippen LogP contribution in [0.1, 0.15) is 18.6 Å². The van der Waals surface area contributed by atoms with Crippen molar-refractivity contribution in [2.24, 2.45) is 0 Å². The maximum atomic E-state index is 11.7. The first-order chi connectivity index (χ1) is 7.33. The fourth-order valence-electron chi connectivity index (χ4n) is 1.19. The van der Waals surface area contributed by atoms with Crippen molar-refractivity contribution in [2.45, 2.75) is 16.1 Å². The zero-order chi connectivity index (χ0) is 12.4. The van der Waals surface area contributed by atoms with E-state index in [9.17, 15) is 13.5 Å². The average Bonchev–Trinajstić information content (AvgIpc) is 2.29. The van der Waals surface area contributed by atoms with Crippen LogP contribution in [0.25, 0.3) is 0 Å². The van der Waals surface area contributed by atoms with Crippen molar-refractivity contribution >= 4 is 37.4 Å². The van der Waals surface area contributed by atoms with Crippen molar-refractivity contribution < 1.29 is 13.5 Å². The van der Waals surface area contributed by atoms with Crippen molar-refractivity contribution in [1.29, 1.82) is 0 Å². The van der Waals surface area contributed by atoms with Gasteiger partial charge in [-0.3, -0.25) is 0 Å². The molecular weight excluding hydrogens is 316 g/mol. The molecule has 0 saturated heterocycles. The third-order valence-electron chi connectivity index (χ3n) is 2.23. The van der Waals surface area contributed by atoms with Gasteiger partial charge in [0.25, 0.3) is 0 Å². The Morgan fingerprint density at radius 3 is 2.38 bits per heavy atom. The van der Waals surface area contributed by atoms with Gasteiger partial charge in [0.15, 0.2) is 9.84 Å². The molecule has 0 radical (unpaired) electrons. The first-order valence-electron chi connectivity index (χ1n) is 4.66. The molecule has 0 amide bonds. The summed E-state index contributed by atoms with van der Waals surface area (Å²) < 4.78 is 21.5. The molecule has 1 aromatic rings. The van der Waals surface area contributed by atoms with Gasteiger partial charge in [-0.15, -0.1) is 0 Å². The van der Waals surface area contributed by atoms with Gasteiger partial charge in [-0.1, -0.05) is 48.9 Å². The Morgan fingerprint density at radius 1 is 1.44 bits per heavy atom. The van der Waals surface area contributed by atoms with E-state index in [1.54, 1.807) is 30.3 Å². The van der Waals surface area contributed by atoms with E-state index in [1.807, 2.05) is 0 Å². The van der Waals surface area contributed by atoms with Crippen LogP contribution in [0.2, 0.25) is 0 Å². The van der Waals surface area contributed by atoms with Crippen molar-refractivity contribution in [1.82, 2.24) is 0 Å². The Morgan fingerprint density at radius 2 is 1.94 bits per heavy atom. The molecule has 1 rings (SSSR count). The number of hydrogen-bond donors (Lipinski definition) is 1. The van der Waals surface area contributed by atoms with Crippen LogP contribution in [-0.2, 0) is 9.84 Å². The number of aliphatic hydroxyl groups excluding tert-OH is 1. The summed E-state index contributed by atoms with van der Waals surface area (Å²) in [6.07, 6.45) is -1.32. The van der Waals surface area contributed by atoms with E-state index >= 15 is 0 Å². The first-order valence-corrected chi connectivity index (χ1v) is 7.48. The van der Waals surface area contributed by atoms with Gasteiger partial charge in [0, 0.05) is 0 Å². The highest BCUT2D eigenvalue weighted by Crippen LogP contribution is 2.42. The Labute approximate surface area is 108 Å². The topological polar surface area (TPSA) is 54.4 Å². The van der Waals surface area contributed by atoms with Crippen LogP contribution < -0.4 is 0 Å². The maximum Gasteiger partial charge on any atom is 0.229 e. The molecule has 0 heterocycles. The molecule has 0 aliphatic heterocycles. The summed E-state index contributed by atoms with van der Waals surface area (Å²) in [7, 11) is -3.61. The van der Waals surface area contributed by atoms with Gasteiger partial charge in [-0.25, -0.2) is 8.42 Å². The Hall–Kier alpha value is -0.100. The molecule has 0 saturated carbocycles. The van der Waals surface area contributed by atoms with Gasteiger partial charge in [0.1, 0.15) is 6.10 Å². The van der Waals surface area contributed by atoms with E-state index in [2.05, 4.69) is 15.9 Å². The fourth-order valence-corrected chi connectivity index (χ4v) is 3.46. The smallest absolute Gasteiger partial charge is 0.229 e. The summed E-state index contributed by atoms with van der Waals surface area (Å²) >= 11 is 8.79. The van der Waals surface area contributed by atoms with Gasteiger partial charge < -0.3 is 5.11 Å². The fraction of sp³-hybridized carbons (Fsp3) is 0.400. The molecular formula is C10H12BrClO3S. The van der Waals surface area contributed by atoms with Crippen molar-refractivity contribution in [3.8, 4) is 0 Å². The van der Waals surface area contributed by atoms with Gasteiger partial charge >= 0.3 is 0 Å². The number of rotatable bonds is 4. The number of halogens is 2. The van der Waals surface area contributed by atoms with Crippen LogP contribution in [-0.4, -0.2) is 22.4 Å². The quantitative estimate of drug-likeness (QED) is 0.864. The first kappa shape index (κ1) is 14.0. The molecule has 1 aromatic carbocycles. The zero-order valence-electron chi connectivity index (χ0n) is 8.60. The van der Waals surface area contributed by atoms with Crippen LogP contribution in [0, 0.1) is 0 Å². The Kier molecular flexibility index (Phi) is 4.40. The van der Waals surface area contributed by atoms with Crippen LogP contribution >= 0.6 is 27.5 Å². The predicted molar refractivity (Wildman–Crippen MR) is 68.4 cm³/mol. The molecule has 0 unspecified atom stereocenters. The summed E-state index contributed by atoms with van der Waals surface area (Å²) in [5.74, 6) is -0.147. The van der Waals surface area contributed by atoms with Crippen LogP contribution in [0.5, 0.6) is 0 Å². The van der Waals surface area contributed by atoms with E-state index in [0.717, 1.165) is 0 Å². The molecule has 1 N–H and O–H groups in total. The lowest BCUT2D eigenvalue weighted by molar-refractivity contribution is 0.185. The van der Waals surface area contributed by atoms with Gasteiger partial charge in [-0.05, 0) is 21.5 Å². The molecule has 0 spiro atoms. The lowest BCUT2D eigenvalue weighted by atomic mass is 10.1. The van der Waals surface area contributed by atoms with Gasteiger partial charge in [0.2, 0.25) is 3.12 Å². The van der Waals surface area contributed by atoms with Crippen LogP contribution in [0.15, 0.2) is 30.3 Å². The highest BCUT2D eigenvalue weighted by atomic mass is 79.9. The second kappa shape index (κ2) is 5.04. The average molecular weight is 328 g/mol. The summed E-state index contributed by atoms with van der Waals surface area (Å²) in [5.41, 5.74) is 0.450. The summed E-state index contributed by atoms with van der Waals surface area (Å²) in [6.45, 7) is 1.48. The standard InChI is InChI=1S/C10H12BrClO3S/c1-2-16(14,15)10(11,12)9(13)8-6-4-3-5-7-8/h3-7,9,13H,2H2,1H3/t9-,10+/m0/s1. The molecule has 90 valence electrons. The molecule has 0 aliphatic rings. The van der Waals surface area contributed by atoms with Gasteiger partial charge in [-0.2, -0.15) is 0 Å². The number of hydrogen-bond acceptors (Lipinski definition) is 3. The Balaban J connectivity index is 3.11. The van der Waals surface area contributed by atoms with Crippen LogP contribution in [0.4, 0.5) is 0 Å². The maximum absolute atomic E-state index is 11.7. The van der Waals surface area contributed by atoms with E-state index in [0.29, 0.717) is 5.56 Å². The van der Waals surface area contributed by atoms with Crippen molar-refractivity contribution in [2.75, 3.05) is 5.75 Å². The number of alkyl halides is 2. The lowest BCUT2D eigenvalue weighted by Crippen LogP contribution is -2.34. The summed E-state index contributed by atoms with van der Waals surface area (Å²) in [5, 5.41) is 9.96. The highest BCUT2D eigenvalue weighted by molar-refractivity contribution is 9.12. The third kappa shape index (κ3) is 2.59. The van der Waals surface area contributed by atoms with Crippen molar-refractivity contribution in [3.63, 3.8) is 0 Å². The molecule has 0 aliphatic carbocycles. The molecule has 3 nitrogen and oxygen atoms in total. The molecule has 6 heteroatoms. The number of benzene rings is 1. The zero-order valence-corrected chi connectivity index (χ0v) is 11.8. The van der Waals surface area contributed by atoms with Crippen LogP contribution in [0.3, 0.4) is 0 Å². The minimum Gasteiger partial charge on any atom is -0.385 e. The second-order valence-corrected chi connectivity index (χ2v) is 8.78. The van der Waals surface area contributed by atoms with Crippen molar-refractivity contribution in [3.05, 3.63) is 35.9 Å². The number of aliphatic hydroxyl groups is 1. The van der Waals surface area contributed by atoms with E-state index in [1.165, 1.54) is 6.92 Å². The summed E-state index contributed by atoms with van der Waals surface area (Å²) in [6, 6.07) is 8.42. The van der Waals surface area contributed by atoms with E-state index in [-0.39, 0.29) is 5.75 Å². The molecule has 0 fully saturated rings. The minimum absolute atomic E-state index is 0.147.